The first-order chi connectivity index (χ1) is 6.49. The SMILES string of the molecule is COc1c(F)c(C(C)=O)cc(I)c1Br. The van der Waals surface area contributed by atoms with Crippen LogP contribution < -0.4 is 4.74 Å². The van der Waals surface area contributed by atoms with Crippen LogP contribution >= 0.6 is 38.5 Å². The summed E-state index contributed by atoms with van der Waals surface area (Å²) in [6.45, 7) is 1.32. The Hall–Kier alpha value is -0.170. The van der Waals surface area contributed by atoms with Gasteiger partial charge in [0.05, 0.1) is 17.1 Å². The predicted octanol–water partition coefficient (Wildman–Crippen LogP) is 3.40. The van der Waals surface area contributed by atoms with E-state index in [-0.39, 0.29) is 17.1 Å². The van der Waals surface area contributed by atoms with E-state index < -0.39 is 5.82 Å². The fourth-order valence-corrected chi connectivity index (χ4v) is 2.02. The van der Waals surface area contributed by atoms with Crippen molar-refractivity contribution in [2.24, 2.45) is 0 Å². The van der Waals surface area contributed by atoms with E-state index in [1.165, 1.54) is 20.1 Å². The molecule has 0 unspecified atom stereocenters. The lowest BCUT2D eigenvalue weighted by Gasteiger charge is -2.09. The lowest BCUT2D eigenvalue weighted by atomic mass is 10.1. The van der Waals surface area contributed by atoms with Crippen molar-refractivity contribution >= 4 is 44.3 Å². The highest BCUT2D eigenvalue weighted by Gasteiger charge is 2.18. The van der Waals surface area contributed by atoms with Crippen LogP contribution in [-0.2, 0) is 0 Å². The van der Waals surface area contributed by atoms with E-state index in [4.69, 9.17) is 4.74 Å². The summed E-state index contributed by atoms with van der Waals surface area (Å²) in [7, 11) is 1.36. The first-order valence-electron chi connectivity index (χ1n) is 3.71. The second-order valence-corrected chi connectivity index (χ2v) is 4.58. The van der Waals surface area contributed by atoms with Gasteiger partial charge < -0.3 is 4.74 Å². The fourth-order valence-electron chi connectivity index (χ4n) is 1.02. The molecule has 0 N–H and O–H groups in total. The number of rotatable bonds is 2. The zero-order chi connectivity index (χ0) is 10.9. The second kappa shape index (κ2) is 4.57. The number of benzene rings is 1. The van der Waals surface area contributed by atoms with Gasteiger partial charge in [-0.05, 0) is 51.5 Å². The number of hydrogen-bond donors (Lipinski definition) is 0. The van der Waals surface area contributed by atoms with Crippen molar-refractivity contribution in [2.75, 3.05) is 7.11 Å². The molecule has 0 fully saturated rings. The molecule has 76 valence electrons. The average molecular weight is 373 g/mol. The third kappa shape index (κ3) is 2.08. The molecule has 0 saturated carbocycles. The minimum absolute atomic E-state index is 0.0504. The van der Waals surface area contributed by atoms with Crippen molar-refractivity contribution in [1.29, 1.82) is 0 Å². The normalized spacial score (nSPS) is 10.1. The molecule has 5 heteroatoms. The quantitative estimate of drug-likeness (QED) is 0.452. The molecule has 0 atom stereocenters. The molecule has 0 aliphatic carbocycles. The van der Waals surface area contributed by atoms with Gasteiger partial charge in [-0.15, -0.1) is 0 Å². The van der Waals surface area contributed by atoms with Crippen molar-refractivity contribution < 1.29 is 13.9 Å². The van der Waals surface area contributed by atoms with Gasteiger partial charge in [0.15, 0.2) is 17.3 Å². The zero-order valence-electron chi connectivity index (χ0n) is 7.53. The summed E-state index contributed by atoms with van der Waals surface area (Å²) in [4.78, 5) is 11.1. The maximum Gasteiger partial charge on any atom is 0.177 e. The summed E-state index contributed by atoms with van der Waals surface area (Å²) in [5.74, 6) is -0.861. The molecule has 0 saturated heterocycles. The van der Waals surface area contributed by atoms with E-state index in [2.05, 4.69) is 15.9 Å². The number of carbonyl (C=O) groups excluding carboxylic acids is 1. The third-order valence-corrected chi connectivity index (χ3v) is 4.08. The first kappa shape index (κ1) is 11.9. The third-order valence-electron chi connectivity index (χ3n) is 1.70. The number of halogens is 3. The van der Waals surface area contributed by atoms with E-state index in [0.29, 0.717) is 4.47 Å². The molecule has 0 heterocycles. The minimum Gasteiger partial charge on any atom is -0.492 e. The van der Waals surface area contributed by atoms with E-state index in [1.54, 1.807) is 0 Å². The standard InChI is InChI=1S/C9H7BrFIO2/c1-4(13)5-3-6(12)7(10)9(14-2)8(5)11/h3H,1-2H3. The van der Waals surface area contributed by atoms with Crippen LogP contribution in [0.2, 0.25) is 0 Å². The van der Waals surface area contributed by atoms with Gasteiger partial charge in [-0.1, -0.05) is 0 Å². The summed E-state index contributed by atoms with van der Waals surface area (Å²) < 4.78 is 19.7. The van der Waals surface area contributed by atoms with E-state index in [1.807, 2.05) is 22.6 Å². The summed E-state index contributed by atoms with van der Waals surface area (Å²) in [5, 5.41) is 0. The Morgan fingerprint density at radius 1 is 1.64 bits per heavy atom. The molecular formula is C9H7BrFIO2. The van der Waals surface area contributed by atoms with Crippen LogP contribution in [0.1, 0.15) is 17.3 Å². The highest BCUT2D eigenvalue weighted by Crippen LogP contribution is 2.34. The van der Waals surface area contributed by atoms with Gasteiger partial charge >= 0.3 is 0 Å². The molecule has 2 nitrogen and oxygen atoms in total. The van der Waals surface area contributed by atoms with Gasteiger partial charge in [-0.25, -0.2) is 4.39 Å². The van der Waals surface area contributed by atoms with Gasteiger partial charge in [0.1, 0.15) is 0 Å². The molecule has 0 amide bonds. The summed E-state index contributed by atoms with van der Waals surface area (Å²) in [6, 6.07) is 1.49. The Balaban J connectivity index is 3.50. The lowest BCUT2D eigenvalue weighted by Crippen LogP contribution is -2.02. The predicted molar refractivity (Wildman–Crippen MR) is 63.4 cm³/mol. The molecular weight excluding hydrogens is 366 g/mol. The van der Waals surface area contributed by atoms with Crippen LogP contribution in [0.4, 0.5) is 4.39 Å². The number of ether oxygens (including phenoxy) is 1. The topological polar surface area (TPSA) is 26.3 Å². The summed E-state index contributed by atoms with van der Waals surface area (Å²) in [6.07, 6.45) is 0. The van der Waals surface area contributed by atoms with Crippen molar-refractivity contribution in [3.05, 3.63) is 25.5 Å². The Bertz CT molecular complexity index is 393. The smallest absolute Gasteiger partial charge is 0.177 e. The zero-order valence-corrected chi connectivity index (χ0v) is 11.3. The molecule has 0 spiro atoms. The minimum atomic E-state index is -0.618. The van der Waals surface area contributed by atoms with Gasteiger partial charge in [-0.2, -0.15) is 0 Å². The number of Topliss-reactive ketones (excluding diaryl/α,β-unsaturated/α-hetero) is 1. The Morgan fingerprint density at radius 3 is 2.64 bits per heavy atom. The second-order valence-electron chi connectivity index (χ2n) is 2.62. The van der Waals surface area contributed by atoms with Crippen LogP contribution in [0, 0.1) is 9.39 Å². The van der Waals surface area contributed by atoms with Crippen LogP contribution in [0.25, 0.3) is 0 Å². The van der Waals surface area contributed by atoms with Crippen LogP contribution in [0.3, 0.4) is 0 Å². The Morgan fingerprint density at radius 2 is 2.21 bits per heavy atom. The van der Waals surface area contributed by atoms with Gasteiger partial charge in [0.2, 0.25) is 0 Å². The van der Waals surface area contributed by atoms with Crippen molar-refractivity contribution in [3.8, 4) is 5.75 Å². The van der Waals surface area contributed by atoms with E-state index in [9.17, 15) is 9.18 Å². The maximum atomic E-state index is 13.6. The molecule has 0 aromatic heterocycles. The number of ketones is 1. The molecule has 0 aliphatic rings. The average Bonchev–Trinajstić information content (AvgIpc) is 2.12. The van der Waals surface area contributed by atoms with Crippen molar-refractivity contribution in [3.63, 3.8) is 0 Å². The number of carbonyl (C=O) groups is 1. The van der Waals surface area contributed by atoms with Crippen LogP contribution in [-0.4, -0.2) is 12.9 Å². The lowest BCUT2D eigenvalue weighted by molar-refractivity contribution is 0.101. The van der Waals surface area contributed by atoms with Gasteiger partial charge in [-0.3, -0.25) is 4.79 Å². The number of methoxy groups -OCH3 is 1. The fraction of sp³-hybridized carbons (Fsp3) is 0.222. The molecule has 0 radical (unpaired) electrons. The highest BCUT2D eigenvalue weighted by atomic mass is 127. The molecule has 14 heavy (non-hydrogen) atoms. The highest BCUT2D eigenvalue weighted by molar-refractivity contribution is 14.1. The van der Waals surface area contributed by atoms with Crippen molar-refractivity contribution in [2.45, 2.75) is 6.92 Å². The molecule has 1 rings (SSSR count). The summed E-state index contributed by atoms with van der Waals surface area (Å²) >= 11 is 5.19. The summed E-state index contributed by atoms with van der Waals surface area (Å²) in [5.41, 5.74) is 0.0504. The maximum absolute atomic E-state index is 13.6. The molecule has 0 bridgehead atoms. The van der Waals surface area contributed by atoms with E-state index in [0.717, 1.165) is 3.57 Å². The first-order valence-corrected chi connectivity index (χ1v) is 5.58. The molecule has 1 aromatic carbocycles. The monoisotopic (exact) mass is 372 g/mol. The van der Waals surface area contributed by atoms with Crippen LogP contribution in [0.5, 0.6) is 5.75 Å². The van der Waals surface area contributed by atoms with E-state index >= 15 is 0 Å². The Kier molecular flexibility index (Phi) is 3.88. The largest absolute Gasteiger partial charge is 0.492 e. The molecule has 1 aromatic rings. The van der Waals surface area contributed by atoms with Crippen LogP contribution in [0.15, 0.2) is 10.5 Å². The van der Waals surface area contributed by atoms with Gasteiger partial charge in [0, 0.05) is 3.57 Å². The Labute approximate surface area is 103 Å². The number of hydrogen-bond acceptors (Lipinski definition) is 2. The van der Waals surface area contributed by atoms with Gasteiger partial charge in [0.25, 0.3) is 0 Å². The molecule has 0 aliphatic heterocycles. The van der Waals surface area contributed by atoms with Crippen molar-refractivity contribution in [1.82, 2.24) is 0 Å².